The zero-order valence-corrected chi connectivity index (χ0v) is 11.7. The molecule has 1 saturated carbocycles. The summed E-state index contributed by atoms with van der Waals surface area (Å²) in [6.07, 6.45) is 4.86. The molecule has 0 radical (unpaired) electrons. The predicted molar refractivity (Wildman–Crippen MR) is 74.7 cm³/mol. The number of hydrogen-bond donors (Lipinski definition) is 1. The lowest BCUT2D eigenvalue weighted by Crippen LogP contribution is -2.37. The smallest absolute Gasteiger partial charge is 0.224 e. The molecular weight excluding hydrogens is 265 g/mol. The van der Waals surface area contributed by atoms with Gasteiger partial charge in [0, 0.05) is 17.8 Å². The molecule has 104 valence electrons. The largest absolute Gasteiger partial charge is 0.355 e. The predicted octanol–water partition coefficient (Wildman–Crippen LogP) is 3.28. The molecule has 4 heteroatoms. The van der Waals surface area contributed by atoms with Gasteiger partial charge in [-0.05, 0) is 30.5 Å². The fraction of sp³-hybridized carbons (Fsp3) is 0.533. The van der Waals surface area contributed by atoms with E-state index in [4.69, 9.17) is 11.6 Å². The molecule has 2 nitrogen and oxygen atoms in total. The quantitative estimate of drug-likeness (QED) is 0.826. The van der Waals surface area contributed by atoms with E-state index in [1.807, 2.05) is 0 Å². The van der Waals surface area contributed by atoms with Crippen LogP contribution in [0.3, 0.4) is 0 Å². The first-order valence-electron chi connectivity index (χ1n) is 6.71. The number of hydrogen-bond acceptors (Lipinski definition) is 1. The summed E-state index contributed by atoms with van der Waals surface area (Å²) in [5.41, 5.74) is 0.908. The Kier molecular flexibility index (Phi) is 4.81. The topological polar surface area (TPSA) is 29.1 Å². The van der Waals surface area contributed by atoms with E-state index in [1.54, 1.807) is 12.1 Å². The van der Waals surface area contributed by atoms with Gasteiger partial charge in [-0.15, -0.1) is 11.6 Å². The maximum Gasteiger partial charge on any atom is 0.224 e. The van der Waals surface area contributed by atoms with E-state index in [9.17, 15) is 9.18 Å². The van der Waals surface area contributed by atoms with E-state index in [2.05, 4.69) is 5.32 Å². The van der Waals surface area contributed by atoms with Crippen molar-refractivity contribution in [3.8, 4) is 0 Å². The van der Waals surface area contributed by atoms with Crippen LogP contribution in [0.5, 0.6) is 0 Å². The summed E-state index contributed by atoms with van der Waals surface area (Å²) in [7, 11) is 0. The number of benzene rings is 1. The van der Waals surface area contributed by atoms with Crippen molar-refractivity contribution in [3.63, 3.8) is 0 Å². The maximum absolute atomic E-state index is 12.8. The van der Waals surface area contributed by atoms with Crippen LogP contribution in [0.2, 0.25) is 0 Å². The van der Waals surface area contributed by atoms with Crippen molar-refractivity contribution in [2.24, 2.45) is 5.41 Å². The zero-order chi connectivity index (χ0) is 13.7. The summed E-state index contributed by atoms with van der Waals surface area (Å²) in [5, 5.41) is 2.96. The first-order valence-corrected chi connectivity index (χ1v) is 7.24. The second-order valence-electron chi connectivity index (χ2n) is 5.42. The monoisotopic (exact) mass is 283 g/mol. The highest BCUT2D eigenvalue weighted by Gasteiger charge is 2.33. The summed E-state index contributed by atoms with van der Waals surface area (Å²) < 4.78 is 12.8. The van der Waals surface area contributed by atoms with E-state index in [1.165, 1.54) is 25.0 Å². The van der Waals surface area contributed by atoms with Gasteiger partial charge in [0.1, 0.15) is 5.82 Å². The minimum absolute atomic E-state index is 0.0250. The number of alkyl halides is 1. The van der Waals surface area contributed by atoms with Crippen LogP contribution < -0.4 is 5.32 Å². The molecule has 0 bridgehead atoms. The van der Waals surface area contributed by atoms with Crippen LogP contribution in [0.25, 0.3) is 0 Å². The zero-order valence-electron chi connectivity index (χ0n) is 10.9. The summed E-state index contributed by atoms with van der Waals surface area (Å²) in [6, 6.07) is 6.03. The van der Waals surface area contributed by atoms with E-state index in [0.29, 0.717) is 18.8 Å². The number of carbonyl (C=O) groups excluding carboxylic acids is 1. The second kappa shape index (κ2) is 6.38. The Morgan fingerprint density at radius 2 is 1.89 bits per heavy atom. The summed E-state index contributed by atoms with van der Waals surface area (Å²) >= 11 is 6.03. The number of amides is 1. The molecule has 0 unspecified atom stereocenters. The molecule has 0 atom stereocenters. The number of rotatable bonds is 5. The Labute approximate surface area is 118 Å². The first kappa shape index (κ1) is 14.3. The van der Waals surface area contributed by atoms with Crippen molar-refractivity contribution >= 4 is 17.5 Å². The molecule has 1 aromatic carbocycles. The van der Waals surface area contributed by atoms with Crippen LogP contribution in [0.1, 0.15) is 31.2 Å². The van der Waals surface area contributed by atoms with Crippen LogP contribution in [-0.2, 0) is 11.2 Å². The van der Waals surface area contributed by atoms with Crippen molar-refractivity contribution < 1.29 is 9.18 Å². The molecule has 1 aliphatic rings. The molecule has 1 aromatic rings. The Hall–Kier alpha value is -1.09. The number of nitrogens with one attached hydrogen (secondary N) is 1. The van der Waals surface area contributed by atoms with E-state index >= 15 is 0 Å². The molecule has 0 spiro atoms. The number of carbonyl (C=O) groups is 1. The molecule has 0 heterocycles. The van der Waals surface area contributed by atoms with Gasteiger partial charge in [0.25, 0.3) is 0 Å². The molecule has 1 fully saturated rings. The van der Waals surface area contributed by atoms with E-state index in [0.717, 1.165) is 18.4 Å². The lowest BCUT2D eigenvalue weighted by atomic mass is 9.88. The fourth-order valence-electron chi connectivity index (χ4n) is 2.62. The van der Waals surface area contributed by atoms with Gasteiger partial charge in [0.05, 0.1) is 6.42 Å². The van der Waals surface area contributed by atoms with Gasteiger partial charge in [-0.1, -0.05) is 25.0 Å². The lowest BCUT2D eigenvalue weighted by molar-refractivity contribution is -0.120. The van der Waals surface area contributed by atoms with Crippen molar-refractivity contribution in [1.82, 2.24) is 5.32 Å². The van der Waals surface area contributed by atoms with Gasteiger partial charge in [-0.25, -0.2) is 4.39 Å². The van der Waals surface area contributed by atoms with Gasteiger partial charge >= 0.3 is 0 Å². The van der Waals surface area contributed by atoms with Crippen molar-refractivity contribution in [2.75, 3.05) is 12.4 Å². The lowest BCUT2D eigenvalue weighted by Gasteiger charge is -2.26. The molecule has 19 heavy (non-hydrogen) atoms. The average Bonchev–Trinajstić information content (AvgIpc) is 2.89. The molecule has 1 amide bonds. The molecule has 1 aliphatic carbocycles. The van der Waals surface area contributed by atoms with Crippen LogP contribution >= 0.6 is 11.6 Å². The third-order valence-corrected chi connectivity index (χ3v) is 4.45. The van der Waals surface area contributed by atoms with Gasteiger partial charge in [-0.3, -0.25) is 4.79 Å². The highest BCUT2D eigenvalue weighted by atomic mass is 35.5. The molecular formula is C15H19ClFNO. The minimum Gasteiger partial charge on any atom is -0.355 e. The Morgan fingerprint density at radius 3 is 2.47 bits per heavy atom. The van der Waals surface area contributed by atoms with Gasteiger partial charge in [0.15, 0.2) is 0 Å². The third-order valence-electron chi connectivity index (χ3n) is 3.89. The Morgan fingerprint density at radius 1 is 1.26 bits per heavy atom. The average molecular weight is 284 g/mol. The maximum atomic E-state index is 12.8. The highest BCUT2D eigenvalue weighted by Crippen LogP contribution is 2.38. The minimum atomic E-state index is -0.281. The highest BCUT2D eigenvalue weighted by molar-refractivity contribution is 6.18. The van der Waals surface area contributed by atoms with Gasteiger partial charge in [0.2, 0.25) is 5.91 Å². The van der Waals surface area contributed by atoms with Crippen molar-refractivity contribution in [3.05, 3.63) is 35.6 Å². The van der Waals surface area contributed by atoms with Crippen LogP contribution in [0, 0.1) is 11.2 Å². The van der Waals surface area contributed by atoms with Crippen LogP contribution in [0.15, 0.2) is 24.3 Å². The molecule has 2 rings (SSSR count). The molecule has 0 aromatic heterocycles. The normalized spacial score (nSPS) is 17.4. The SMILES string of the molecule is O=C(Cc1ccc(F)cc1)NCC1(CCl)CCCC1. The van der Waals surface area contributed by atoms with E-state index < -0.39 is 0 Å². The molecule has 1 N–H and O–H groups in total. The van der Waals surface area contributed by atoms with Gasteiger partial charge in [-0.2, -0.15) is 0 Å². The van der Waals surface area contributed by atoms with Crippen LogP contribution in [-0.4, -0.2) is 18.3 Å². The summed E-state index contributed by atoms with van der Waals surface area (Å²) in [4.78, 5) is 11.9. The fourth-order valence-corrected chi connectivity index (χ4v) is 2.98. The van der Waals surface area contributed by atoms with Crippen molar-refractivity contribution in [1.29, 1.82) is 0 Å². The molecule has 0 aliphatic heterocycles. The molecule has 0 saturated heterocycles. The van der Waals surface area contributed by atoms with Crippen molar-refractivity contribution in [2.45, 2.75) is 32.1 Å². The summed E-state index contributed by atoms with van der Waals surface area (Å²) in [5.74, 6) is 0.295. The summed E-state index contributed by atoms with van der Waals surface area (Å²) in [6.45, 7) is 0.649. The Balaban J connectivity index is 1.82. The van der Waals surface area contributed by atoms with Gasteiger partial charge < -0.3 is 5.32 Å². The first-order chi connectivity index (χ1) is 9.13. The Bertz CT molecular complexity index is 426. The third kappa shape index (κ3) is 3.93. The number of halogens is 2. The second-order valence-corrected chi connectivity index (χ2v) is 5.69. The van der Waals surface area contributed by atoms with Crippen LogP contribution in [0.4, 0.5) is 4.39 Å². The van der Waals surface area contributed by atoms with E-state index in [-0.39, 0.29) is 17.1 Å². The standard InChI is InChI=1S/C15H19ClFNO/c16-10-15(7-1-2-8-15)11-18-14(19)9-12-3-5-13(17)6-4-12/h3-6H,1-2,7-11H2,(H,18,19).